The van der Waals surface area contributed by atoms with Crippen LogP contribution in [0.15, 0.2) is 60.7 Å². The Hall–Kier alpha value is -2.82. The molecule has 2 N–H and O–H groups in total. The Morgan fingerprint density at radius 2 is 1.63 bits per heavy atom. The number of ether oxygens (including phenoxy) is 2. The van der Waals surface area contributed by atoms with Gasteiger partial charge < -0.3 is 19.9 Å². The highest BCUT2D eigenvalue weighted by Crippen LogP contribution is 2.29. The van der Waals surface area contributed by atoms with Gasteiger partial charge >= 0.3 is 0 Å². The van der Waals surface area contributed by atoms with Gasteiger partial charge in [-0.2, -0.15) is 0 Å². The first kappa shape index (κ1) is 21.9. The van der Waals surface area contributed by atoms with Gasteiger partial charge in [-0.15, -0.1) is 0 Å². The van der Waals surface area contributed by atoms with Gasteiger partial charge in [0, 0.05) is 13.1 Å². The predicted octanol–water partition coefficient (Wildman–Crippen LogP) is 5.02. The van der Waals surface area contributed by atoms with Crippen LogP contribution in [-0.4, -0.2) is 18.8 Å². The lowest BCUT2D eigenvalue weighted by molar-refractivity contribution is 0.106. The summed E-state index contributed by atoms with van der Waals surface area (Å²) in [4.78, 5) is 0. The standard InChI is InChI=1S/C26H31NO3/c1-18-9-11-22(13-20(18)3)24(28)17-30-25-12-10-21(14-26(25)29-4)15-27-16-23-8-6-5-7-19(23)2/h5-14,24,27-28H,15-17H2,1-4H3/t24-/m0/s1. The molecular formula is C26H31NO3. The summed E-state index contributed by atoms with van der Waals surface area (Å²) in [7, 11) is 1.63. The number of rotatable bonds is 9. The van der Waals surface area contributed by atoms with Crippen LogP contribution in [0.25, 0.3) is 0 Å². The largest absolute Gasteiger partial charge is 0.493 e. The molecule has 0 aliphatic rings. The molecule has 3 aromatic rings. The molecule has 0 bridgehead atoms. The zero-order chi connectivity index (χ0) is 21.5. The topological polar surface area (TPSA) is 50.7 Å². The Kier molecular flexibility index (Phi) is 7.50. The summed E-state index contributed by atoms with van der Waals surface area (Å²) in [6.07, 6.45) is -0.690. The van der Waals surface area contributed by atoms with Crippen molar-refractivity contribution in [1.82, 2.24) is 5.32 Å². The maximum atomic E-state index is 10.5. The fourth-order valence-corrected chi connectivity index (χ4v) is 3.33. The molecule has 0 unspecified atom stereocenters. The fourth-order valence-electron chi connectivity index (χ4n) is 3.33. The molecule has 4 heteroatoms. The highest BCUT2D eigenvalue weighted by Gasteiger charge is 2.12. The predicted molar refractivity (Wildman–Crippen MR) is 121 cm³/mol. The van der Waals surface area contributed by atoms with E-state index in [0.29, 0.717) is 11.5 Å². The van der Waals surface area contributed by atoms with Gasteiger partial charge in [0.2, 0.25) is 0 Å². The molecule has 0 heterocycles. The third-order valence-corrected chi connectivity index (χ3v) is 5.45. The van der Waals surface area contributed by atoms with Gasteiger partial charge in [0.05, 0.1) is 7.11 Å². The molecular weight excluding hydrogens is 374 g/mol. The van der Waals surface area contributed by atoms with Crippen molar-refractivity contribution >= 4 is 0 Å². The summed E-state index contributed by atoms with van der Waals surface area (Å²) >= 11 is 0. The van der Waals surface area contributed by atoms with Gasteiger partial charge in [-0.05, 0) is 66.3 Å². The number of aliphatic hydroxyl groups excluding tert-OH is 1. The number of nitrogens with one attached hydrogen (secondary N) is 1. The van der Waals surface area contributed by atoms with Crippen molar-refractivity contribution < 1.29 is 14.6 Å². The average Bonchev–Trinajstić information content (AvgIpc) is 2.75. The zero-order valence-corrected chi connectivity index (χ0v) is 18.2. The summed E-state index contributed by atoms with van der Waals surface area (Å²) < 4.78 is 11.4. The molecule has 158 valence electrons. The minimum absolute atomic E-state index is 0.170. The van der Waals surface area contributed by atoms with Crippen LogP contribution in [0.5, 0.6) is 11.5 Å². The van der Waals surface area contributed by atoms with E-state index in [-0.39, 0.29) is 6.61 Å². The number of aliphatic hydroxyl groups is 1. The van der Waals surface area contributed by atoms with Gasteiger partial charge in [-0.25, -0.2) is 0 Å². The van der Waals surface area contributed by atoms with E-state index in [0.717, 1.165) is 29.8 Å². The van der Waals surface area contributed by atoms with Gasteiger partial charge in [-0.3, -0.25) is 0 Å². The maximum absolute atomic E-state index is 10.5. The van der Waals surface area contributed by atoms with Crippen LogP contribution in [0.4, 0.5) is 0 Å². The second-order valence-electron chi connectivity index (χ2n) is 7.69. The molecule has 1 atom stereocenters. The van der Waals surface area contributed by atoms with Crippen molar-refractivity contribution in [3.63, 3.8) is 0 Å². The lowest BCUT2D eigenvalue weighted by Gasteiger charge is -2.16. The smallest absolute Gasteiger partial charge is 0.161 e. The monoisotopic (exact) mass is 405 g/mol. The third kappa shape index (κ3) is 5.62. The van der Waals surface area contributed by atoms with Crippen molar-refractivity contribution in [1.29, 1.82) is 0 Å². The first-order valence-corrected chi connectivity index (χ1v) is 10.3. The molecule has 0 radical (unpaired) electrons. The molecule has 4 nitrogen and oxygen atoms in total. The van der Waals surface area contributed by atoms with E-state index in [1.807, 2.05) is 43.3 Å². The Balaban J connectivity index is 1.58. The SMILES string of the molecule is COc1cc(CNCc2ccccc2C)ccc1OC[C@H](O)c1ccc(C)c(C)c1. The van der Waals surface area contributed by atoms with E-state index < -0.39 is 6.10 Å². The first-order chi connectivity index (χ1) is 14.5. The molecule has 0 aromatic heterocycles. The number of hydrogen-bond donors (Lipinski definition) is 2. The first-order valence-electron chi connectivity index (χ1n) is 10.3. The summed E-state index contributed by atoms with van der Waals surface area (Å²) in [5.41, 5.74) is 6.92. The Labute approximate surface area is 179 Å². The van der Waals surface area contributed by atoms with Crippen molar-refractivity contribution in [3.05, 3.63) is 94.0 Å². The normalized spacial score (nSPS) is 11.9. The second kappa shape index (κ2) is 10.3. The van der Waals surface area contributed by atoms with Crippen LogP contribution in [0, 0.1) is 20.8 Å². The molecule has 3 aromatic carbocycles. The van der Waals surface area contributed by atoms with Gasteiger partial charge in [0.1, 0.15) is 12.7 Å². The van der Waals surface area contributed by atoms with Crippen molar-refractivity contribution in [2.45, 2.75) is 40.0 Å². The number of aryl methyl sites for hydroxylation is 3. The van der Waals surface area contributed by atoms with Crippen LogP contribution in [-0.2, 0) is 13.1 Å². The van der Waals surface area contributed by atoms with Crippen molar-refractivity contribution in [2.75, 3.05) is 13.7 Å². The maximum Gasteiger partial charge on any atom is 0.161 e. The summed E-state index contributed by atoms with van der Waals surface area (Å²) in [6, 6.07) is 20.2. The highest BCUT2D eigenvalue weighted by molar-refractivity contribution is 5.43. The Morgan fingerprint density at radius 1 is 0.833 bits per heavy atom. The van der Waals surface area contributed by atoms with Crippen LogP contribution < -0.4 is 14.8 Å². The molecule has 0 fully saturated rings. The van der Waals surface area contributed by atoms with Crippen LogP contribution in [0.2, 0.25) is 0 Å². The minimum Gasteiger partial charge on any atom is -0.493 e. The van der Waals surface area contributed by atoms with Gasteiger partial charge in [-0.1, -0.05) is 48.5 Å². The van der Waals surface area contributed by atoms with Crippen LogP contribution >= 0.6 is 0 Å². The number of benzene rings is 3. The molecule has 3 rings (SSSR count). The van der Waals surface area contributed by atoms with Crippen molar-refractivity contribution in [2.24, 2.45) is 0 Å². The van der Waals surface area contributed by atoms with E-state index in [1.54, 1.807) is 7.11 Å². The molecule has 0 saturated heterocycles. The van der Waals surface area contributed by atoms with Crippen LogP contribution in [0.3, 0.4) is 0 Å². The molecule has 0 aliphatic heterocycles. The molecule has 0 saturated carbocycles. The Morgan fingerprint density at radius 3 is 2.37 bits per heavy atom. The quantitative estimate of drug-likeness (QED) is 0.525. The average molecular weight is 406 g/mol. The van der Waals surface area contributed by atoms with E-state index >= 15 is 0 Å². The van der Waals surface area contributed by atoms with E-state index in [1.165, 1.54) is 16.7 Å². The molecule has 30 heavy (non-hydrogen) atoms. The number of methoxy groups -OCH3 is 1. The molecule has 0 amide bonds. The van der Waals surface area contributed by atoms with E-state index in [9.17, 15) is 5.11 Å². The highest BCUT2D eigenvalue weighted by atomic mass is 16.5. The molecule has 0 spiro atoms. The Bertz CT molecular complexity index is 984. The number of hydrogen-bond acceptors (Lipinski definition) is 4. The summed E-state index contributed by atoms with van der Waals surface area (Å²) in [5, 5.41) is 14.0. The zero-order valence-electron chi connectivity index (χ0n) is 18.2. The van der Waals surface area contributed by atoms with Gasteiger partial charge in [0.25, 0.3) is 0 Å². The second-order valence-corrected chi connectivity index (χ2v) is 7.69. The van der Waals surface area contributed by atoms with E-state index in [4.69, 9.17) is 9.47 Å². The third-order valence-electron chi connectivity index (χ3n) is 5.45. The van der Waals surface area contributed by atoms with Gasteiger partial charge in [0.15, 0.2) is 11.5 Å². The van der Waals surface area contributed by atoms with E-state index in [2.05, 4.69) is 43.4 Å². The minimum atomic E-state index is -0.690. The van der Waals surface area contributed by atoms with Crippen LogP contribution in [0.1, 0.15) is 39.5 Å². The lowest BCUT2D eigenvalue weighted by atomic mass is 10.0. The lowest BCUT2D eigenvalue weighted by Crippen LogP contribution is -2.14. The summed E-state index contributed by atoms with van der Waals surface area (Å²) in [6.45, 7) is 7.94. The summed E-state index contributed by atoms with van der Waals surface area (Å²) in [5.74, 6) is 1.29. The van der Waals surface area contributed by atoms with Crippen molar-refractivity contribution in [3.8, 4) is 11.5 Å². The fraction of sp³-hybridized carbons (Fsp3) is 0.308. The molecule has 0 aliphatic carbocycles.